The highest BCUT2D eigenvalue weighted by molar-refractivity contribution is 7.93. The predicted octanol–water partition coefficient (Wildman–Crippen LogP) is 6.87. The van der Waals surface area contributed by atoms with Gasteiger partial charge in [-0.15, -0.1) is 0 Å². The van der Waals surface area contributed by atoms with Gasteiger partial charge >= 0.3 is 0 Å². The van der Waals surface area contributed by atoms with Crippen molar-refractivity contribution in [3.63, 3.8) is 0 Å². The maximum absolute atomic E-state index is 13.8. The first-order chi connectivity index (χ1) is 19.1. The molecule has 4 aliphatic rings. The molecule has 2 aliphatic heterocycles. The molecule has 4 fully saturated rings. The third-order valence-corrected chi connectivity index (χ3v) is 11.7. The highest BCUT2D eigenvalue weighted by atomic mass is 32.2. The van der Waals surface area contributed by atoms with E-state index in [4.69, 9.17) is 4.78 Å². The van der Waals surface area contributed by atoms with Crippen molar-refractivity contribution < 1.29 is 13.0 Å². The molecule has 1 spiro atoms. The summed E-state index contributed by atoms with van der Waals surface area (Å²) >= 11 is 0. The summed E-state index contributed by atoms with van der Waals surface area (Å²) in [5.74, 6) is -1.94. The highest BCUT2D eigenvalue weighted by Crippen LogP contribution is 2.54. The van der Waals surface area contributed by atoms with E-state index >= 15 is 0 Å². The second-order valence-corrected chi connectivity index (χ2v) is 14.7. The third kappa shape index (κ3) is 4.88. The number of hydrogen-bond acceptors (Lipinski definition) is 7. The summed E-state index contributed by atoms with van der Waals surface area (Å²) in [5, 5.41) is 4.30. The van der Waals surface area contributed by atoms with E-state index < -0.39 is 15.7 Å². The Morgan fingerprint density at radius 1 is 0.925 bits per heavy atom. The summed E-state index contributed by atoms with van der Waals surface area (Å²) in [6, 6.07) is 9.85. The van der Waals surface area contributed by atoms with E-state index in [0.717, 1.165) is 66.8 Å². The monoisotopic (exact) mass is 566 g/mol. The molecular weight excluding hydrogens is 530 g/mol. The van der Waals surface area contributed by atoms with Crippen molar-refractivity contribution in [2.24, 2.45) is 5.41 Å². The number of halogens is 2. The Labute approximate surface area is 234 Å². The normalized spacial score (nSPS) is 23.3. The molecule has 10 heteroatoms. The first-order valence-electron chi connectivity index (χ1n) is 14.4. The fourth-order valence-electron chi connectivity index (χ4n) is 6.40. The standard InChI is InChI=1S/C30H36F2N6OS/c1-20-14-21(16-22(15-20)37-12-8-30(31,32)9-13-37)36-28-27-25(34-19-35-28)17-24(40(33,39)23-2-3-23)18-26(27)38-10-6-29(4-5-29)7-11-38/h14-19,23,33H,2-13H2,1H3,(H,34,35,36)/t40-/m0/s1. The van der Waals surface area contributed by atoms with Crippen LogP contribution in [0.15, 0.2) is 41.6 Å². The zero-order valence-electron chi connectivity index (χ0n) is 22.9. The average Bonchev–Trinajstić information content (AvgIpc) is 3.85. The van der Waals surface area contributed by atoms with Gasteiger partial charge in [0.2, 0.25) is 0 Å². The first kappa shape index (κ1) is 25.9. The van der Waals surface area contributed by atoms with Crippen molar-refractivity contribution in [3.05, 3.63) is 42.2 Å². The van der Waals surface area contributed by atoms with Crippen LogP contribution in [0, 0.1) is 17.1 Å². The Balaban J connectivity index is 1.27. The number of fused-ring (bicyclic) bond motifs is 1. The van der Waals surface area contributed by atoms with E-state index in [-0.39, 0.29) is 18.1 Å². The van der Waals surface area contributed by atoms with Crippen molar-refractivity contribution >= 4 is 43.5 Å². The van der Waals surface area contributed by atoms with Gasteiger partial charge in [0.1, 0.15) is 12.1 Å². The van der Waals surface area contributed by atoms with Crippen molar-refractivity contribution in [1.29, 1.82) is 4.78 Å². The van der Waals surface area contributed by atoms with Crippen molar-refractivity contribution in [2.45, 2.75) is 74.4 Å². The fourth-order valence-corrected chi connectivity index (χ4v) is 8.16. The molecule has 0 unspecified atom stereocenters. The molecule has 2 aromatic carbocycles. The SMILES string of the molecule is Cc1cc(Nc2ncnc3cc([S@@](=N)(=O)C4CC4)cc(N4CCC5(CC4)CC5)c23)cc(N2CCC(F)(F)CC2)c1. The van der Waals surface area contributed by atoms with Crippen LogP contribution in [0.4, 0.5) is 31.7 Å². The molecule has 212 valence electrons. The lowest BCUT2D eigenvalue weighted by Crippen LogP contribution is -2.39. The molecule has 3 aromatic rings. The lowest BCUT2D eigenvalue weighted by molar-refractivity contribution is -0.0220. The minimum atomic E-state index is -2.90. The topological polar surface area (TPSA) is 85.2 Å². The number of aryl methyl sites for hydroxylation is 1. The lowest BCUT2D eigenvalue weighted by Gasteiger charge is -2.35. The van der Waals surface area contributed by atoms with Crippen LogP contribution in [-0.2, 0) is 9.73 Å². The summed E-state index contributed by atoms with van der Waals surface area (Å²) in [5.41, 5.74) is 4.92. The number of nitrogens with zero attached hydrogens (tertiary/aromatic N) is 4. The Kier molecular flexibility index (Phi) is 6.00. The molecular formula is C30H36F2N6OS. The van der Waals surface area contributed by atoms with Gasteiger partial charge in [-0.1, -0.05) is 0 Å². The summed E-state index contributed by atoms with van der Waals surface area (Å²) in [4.78, 5) is 14.2. The molecule has 7 rings (SSSR count). The molecule has 3 heterocycles. The zero-order chi connectivity index (χ0) is 27.7. The Morgan fingerprint density at radius 3 is 2.30 bits per heavy atom. The van der Waals surface area contributed by atoms with Crippen LogP contribution in [-0.4, -0.2) is 51.5 Å². The Morgan fingerprint density at radius 2 is 1.62 bits per heavy atom. The summed E-state index contributed by atoms with van der Waals surface area (Å²) < 4.78 is 49.8. The van der Waals surface area contributed by atoms with Gasteiger partial charge in [-0.2, -0.15) is 0 Å². The second-order valence-electron chi connectivity index (χ2n) is 12.4. The van der Waals surface area contributed by atoms with Gasteiger partial charge in [-0.3, -0.25) is 0 Å². The first-order valence-corrected chi connectivity index (χ1v) is 16.1. The van der Waals surface area contributed by atoms with Gasteiger partial charge in [0.25, 0.3) is 5.92 Å². The molecule has 0 bridgehead atoms. The number of alkyl halides is 2. The summed E-state index contributed by atoms with van der Waals surface area (Å²) in [7, 11) is -2.90. The van der Waals surface area contributed by atoms with E-state index in [0.29, 0.717) is 34.7 Å². The third-order valence-electron chi connectivity index (χ3n) is 9.34. The summed E-state index contributed by atoms with van der Waals surface area (Å²) in [6.45, 7) is 4.49. The van der Waals surface area contributed by atoms with Crippen LogP contribution in [0.3, 0.4) is 0 Å². The fraction of sp³-hybridized carbons (Fsp3) is 0.533. The van der Waals surface area contributed by atoms with Crippen molar-refractivity contribution in [1.82, 2.24) is 9.97 Å². The van der Waals surface area contributed by atoms with Crippen molar-refractivity contribution in [3.8, 4) is 0 Å². The van der Waals surface area contributed by atoms with Gasteiger partial charge < -0.3 is 15.1 Å². The van der Waals surface area contributed by atoms with Gasteiger partial charge in [-0.05, 0) is 86.8 Å². The van der Waals surface area contributed by atoms with Crippen LogP contribution in [0.2, 0.25) is 0 Å². The van der Waals surface area contributed by atoms with Crippen molar-refractivity contribution in [2.75, 3.05) is 41.3 Å². The number of aromatic nitrogens is 2. The number of rotatable bonds is 6. The van der Waals surface area contributed by atoms with Gasteiger partial charge in [0, 0.05) is 55.6 Å². The van der Waals surface area contributed by atoms with E-state index in [9.17, 15) is 13.0 Å². The van der Waals surface area contributed by atoms with Crippen LogP contribution in [0.5, 0.6) is 0 Å². The number of benzene rings is 2. The summed E-state index contributed by atoms with van der Waals surface area (Å²) in [6.07, 6.45) is 7.82. The number of hydrogen-bond donors (Lipinski definition) is 2. The van der Waals surface area contributed by atoms with E-state index in [1.807, 2.05) is 42.2 Å². The number of nitrogens with one attached hydrogen (secondary N) is 2. The second kappa shape index (κ2) is 9.26. The van der Waals surface area contributed by atoms with Gasteiger partial charge in [0.15, 0.2) is 0 Å². The minimum Gasteiger partial charge on any atom is -0.371 e. The lowest BCUT2D eigenvalue weighted by atomic mass is 9.93. The highest BCUT2D eigenvalue weighted by Gasteiger charge is 2.45. The molecule has 2 saturated carbocycles. The molecule has 0 radical (unpaired) electrons. The minimum absolute atomic E-state index is 0.0752. The molecule has 1 atom stereocenters. The van der Waals surface area contributed by atoms with E-state index in [1.165, 1.54) is 19.2 Å². The van der Waals surface area contributed by atoms with E-state index in [1.54, 1.807) is 0 Å². The Hall–Kier alpha value is -3.01. The molecule has 1 aromatic heterocycles. The molecule has 7 nitrogen and oxygen atoms in total. The van der Waals surface area contributed by atoms with Crippen LogP contribution in [0.1, 0.15) is 56.9 Å². The van der Waals surface area contributed by atoms with E-state index in [2.05, 4.69) is 20.2 Å². The average molecular weight is 567 g/mol. The van der Waals surface area contributed by atoms with Crippen LogP contribution >= 0.6 is 0 Å². The molecule has 2 N–H and O–H groups in total. The zero-order valence-corrected chi connectivity index (χ0v) is 23.7. The molecule has 2 saturated heterocycles. The maximum Gasteiger partial charge on any atom is 0.251 e. The quantitative estimate of drug-likeness (QED) is 0.339. The van der Waals surface area contributed by atoms with Crippen LogP contribution < -0.4 is 15.1 Å². The van der Waals surface area contributed by atoms with Crippen LogP contribution in [0.25, 0.3) is 10.9 Å². The van der Waals surface area contributed by atoms with Gasteiger partial charge in [-0.25, -0.2) is 27.7 Å². The maximum atomic E-state index is 13.8. The largest absolute Gasteiger partial charge is 0.371 e. The Bertz CT molecular complexity index is 1560. The smallest absolute Gasteiger partial charge is 0.251 e. The predicted molar refractivity (Wildman–Crippen MR) is 156 cm³/mol. The molecule has 40 heavy (non-hydrogen) atoms. The number of piperidine rings is 2. The molecule has 0 amide bonds. The number of anilines is 4. The van der Waals surface area contributed by atoms with Gasteiger partial charge in [0.05, 0.1) is 31.2 Å². The molecule has 2 aliphatic carbocycles.